The van der Waals surface area contributed by atoms with Crippen LogP contribution in [0.15, 0.2) is 24.3 Å². The quantitative estimate of drug-likeness (QED) is 0.899. The van der Waals surface area contributed by atoms with Crippen molar-refractivity contribution in [2.45, 2.75) is 45.1 Å². The summed E-state index contributed by atoms with van der Waals surface area (Å²) in [7, 11) is 1.92. The van der Waals surface area contributed by atoms with Gasteiger partial charge in [0.15, 0.2) is 0 Å². The fourth-order valence-corrected chi connectivity index (χ4v) is 2.64. The number of nitrogens with one attached hydrogen (secondary N) is 1. The van der Waals surface area contributed by atoms with E-state index in [2.05, 4.69) is 29.6 Å². The van der Waals surface area contributed by atoms with Crippen LogP contribution in [0.5, 0.6) is 0 Å². The summed E-state index contributed by atoms with van der Waals surface area (Å²) in [5.41, 5.74) is 2.07. The number of anilines is 1. The number of benzene rings is 1. The van der Waals surface area contributed by atoms with Gasteiger partial charge in [0.1, 0.15) is 5.60 Å². The van der Waals surface area contributed by atoms with E-state index in [4.69, 9.17) is 4.74 Å². The van der Waals surface area contributed by atoms with Gasteiger partial charge in [-0.1, -0.05) is 12.1 Å². The molecule has 1 aliphatic heterocycles. The van der Waals surface area contributed by atoms with Gasteiger partial charge in [0, 0.05) is 25.8 Å². The van der Waals surface area contributed by atoms with Gasteiger partial charge in [0.25, 0.3) is 0 Å². The molecule has 1 N–H and O–H groups in total. The first-order valence-corrected chi connectivity index (χ1v) is 7.64. The minimum atomic E-state index is -0.420. The van der Waals surface area contributed by atoms with Crippen molar-refractivity contribution in [1.82, 2.24) is 4.90 Å². The molecule has 0 aromatic heterocycles. The van der Waals surface area contributed by atoms with Crippen LogP contribution in [0.1, 0.15) is 45.1 Å². The van der Waals surface area contributed by atoms with Crippen molar-refractivity contribution in [1.29, 1.82) is 0 Å². The minimum absolute atomic E-state index is 0.188. The van der Waals surface area contributed by atoms with Crippen LogP contribution in [-0.4, -0.2) is 36.7 Å². The van der Waals surface area contributed by atoms with E-state index in [0.29, 0.717) is 5.92 Å². The molecule has 1 saturated heterocycles. The average molecular weight is 290 g/mol. The van der Waals surface area contributed by atoms with Crippen LogP contribution in [0.2, 0.25) is 0 Å². The zero-order valence-corrected chi connectivity index (χ0v) is 13.5. The third-order valence-corrected chi connectivity index (χ3v) is 3.82. The number of amides is 1. The predicted octanol–water partition coefficient (Wildman–Crippen LogP) is 3.84. The lowest BCUT2D eigenvalue weighted by Crippen LogP contribution is -2.41. The van der Waals surface area contributed by atoms with Crippen molar-refractivity contribution < 1.29 is 9.53 Å². The van der Waals surface area contributed by atoms with Gasteiger partial charge in [-0.15, -0.1) is 0 Å². The van der Waals surface area contributed by atoms with Gasteiger partial charge in [-0.3, -0.25) is 0 Å². The van der Waals surface area contributed by atoms with Crippen LogP contribution in [0.4, 0.5) is 10.5 Å². The lowest BCUT2D eigenvalue weighted by atomic mass is 9.89. The molecule has 116 valence electrons. The summed E-state index contributed by atoms with van der Waals surface area (Å²) in [6, 6.07) is 8.57. The molecule has 4 heteroatoms. The lowest BCUT2D eigenvalue weighted by Gasteiger charge is -2.33. The van der Waals surface area contributed by atoms with Crippen LogP contribution < -0.4 is 5.32 Å². The van der Waals surface area contributed by atoms with E-state index in [0.717, 1.165) is 31.6 Å². The van der Waals surface area contributed by atoms with Gasteiger partial charge in [0.2, 0.25) is 0 Å². The van der Waals surface area contributed by atoms with Gasteiger partial charge >= 0.3 is 6.09 Å². The van der Waals surface area contributed by atoms with E-state index in [9.17, 15) is 4.79 Å². The highest BCUT2D eigenvalue weighted by atomic mass is 16.6. The molecule has 0 radical (unpaired) electrons. The maximum atomic E-state index is 12.0. The number of ether oxygens (including phenoxy) is 1. The maximum absolute atomic E-state index is 12.0. The molecule has 21 heavy (non-hydrogen) atoms. The van der Waals surface area contributed by atoms with E-state index < -0.39 is 5.60 Å². The topological polar surface area (TPSA) is 41.6 Å². The smallest absolute Gasteiger partial charge is 0.410 e. The largest absolute Gasteiger partial charge is 0.444 e. The van der Waals surface area contributed by atoms with Crippen LogP contribution in [0.3, 0.4) is 0 Å². The van der Waals surface area contributed by atoms with E-state index in [1.54, 1.807) is 0 Å². The number of carbonyl (C=O) groups is 1. The maximum Gasteiger partial charge on any atom is 0.410 e. The molecular formula is C17H26N2O2. The van der Waals surface area contributed by atoms with E-state index in [1.807, 2.05) is 32.7 Å². The Labute approximate surface area is 127 Å². The molecule has 1 fully saturated rings. The SMILES string of the molecule is CNc1ccc(C2CCN(C(=O)OC(C)(C)C)CC2)cc1. The number of carbonyl (C=O) groups excluding carboxylic acids is 1. The Kier molecular flexibility index (Phi) is 4.76. The summed E-state index contributed by atoms with van der Waals surface area (Å²) < 4.78 is 5.43. The molecule has 1 aromatic carbocycles. The fraction of sp³-hybridized carbons (Fsp3) is 0.588. The number of likely N-dealkylation sites (tertiary alicyclic amines) is 1. The first-order chi connectivity index (χ1) is 9.89. The molecule has 0 saturated carbocycles. The molecule has 1 aliphatic rings. The number of piperidine rings is 1. The van der Waals surface area contributed by atoms with E-state index >= 15 is 0 Å². The van der Waals surface area contributed by atoms with Gasteiger partial charge < -0.3 is 15.0 Å². The average Bonchev–Trinajstić information content (AvgIpc) is 2.46. The first kappa shape index (κ1) is 15.7. The number of nitrogens with zero attached hydrogens (tertiary/aromatic N) is 1. The Morgan fingerprint density at radius 3 is 2.24 bits per heavy atom. The van der Waals surface area contributed by atoms with Crippen molar-refractivity contribution in [3.05, 3.63) is 29.8 Å². The zero-order chi connectivity index (χ0) is 15.5. The fourth-order valence-electron chi connectivity index (χ4n) is 2.64. The molecule has 1 heterocycles. The Morgan fingerprint density at radius 2 is 1.76 bits per heavy atom. The monoisotopic (exact) mass is 290 g/mol. The van der Waals surface area contributed by atoms with Crippen molar-refractivity contribution in [3.8, 4) is 0 Å². The second kappa shape index (κ2) is 6.37. The summed E-state index contributed by atoms with van der Waals surface area (Å²) in [6.07, 6.45) is 1.81. The summed E-state index contributed by atoms with van der Waals surface area (Å²) in [5, 5.41) is 3.13. The number of hydrogen-bond donors (Lipinski definition) is 1. The van der Waals surface area contributed by atoms with Gasteiger partial charge in [-0.2, -0.15) is 0 Å². The second-order valence-electron chi connectivity index (χ2n) is 6.61. The highest BCUT2D eigenvalue weighted by molar-refractivity contribution is 5.68. The molecule has 0 atom stereocenters. The van der Waals surface area contributed by atoms with Crippen LogP contribution >= 0.6 is 0 Å². The number of hydrogen-bond acceptors (Lipinski definition) is 3. The summed E-state index contributed by atoms with van der Waals surface area (Å²) in [5.74, 6) is 0.537. The minimum Gasteiger partial charge on any atom is -0.444 e. The molecule has 0 unspecified atom stereocenters. The highest BCUT2D eigenvalue weighted by Gasteiger charge is 2.27. The molecule has 1 aromatic rings. The van der Waals surface area contributed by atoms with Crippen LogP contribution in [-0.2, 0) is 4.74 Å². The van der Waals surface area contributed by atoms with Crippen LogP contribution in [0, 0.1) is 0 Å². The summed E-state index contributed by atoms with van der Waals surface area (Å²) >= 11 is 0. The molecule has 1 amide bonds. The van der Waals surface area contributed by atoms with Crippen LogP contribution in [0.25, 0.3) is 0 Å². The normalized spacial score (nSPS) is 16.7. The summed E-state index contributed by atoms with van der Waals surface area (Å²) in [4.78, 5) is 13.9. The molecule has 0 spiro atoms. The van der Waals surface area contributed by atoms with Crippen molar-refractivity contribution in [3.63, 3.8) is 0 Å². The molecule has 4 nitrogen and oxygen atoms in total. The Bertz CT molecular complexity index is 469. The highest BCUT2D eigenvalue weighted by Crippen LogP contribution is 2.29. The number of rotatable bonds is 2. The molecule has 0 aliphatic carbocycles. The third kappa shape index (κ3) is 4.38. The first-order valence-electron chi connectivity index (χ1n) is 7.64. The Morgan fingerprint density at radius 1 is 1.19 bits per heavy atom. The molecular weight excluding hydrogens is 264 g/mol. The van der Waals surface area contributed by atoms with E-state index in [-0.39, 0.29) is 6.09 Å². The zero-order valence-electron chi connectivity index (χ0n) is 13.5. The Balaban J connectivity index is 1.89. The second-order valence-corrected chi connectivity index (χ2v) is 6.61. The standard InChI is InChI=1S/C17H26N2O2/c1-17(2,3)21-16(20)19-11-9-14(10-12-19)13-5-7-15(18-4)8-6-13/h5-8,14,18H,9-12H2,1-4H3. The Hall–Kier alpha value is -1.71. The van der Waals surface area contributed by atoms with Crippen molar-refractivity contribution in [2.75, 3.05) is 25.5 Å². The summed E-state index contributed by atoms with van der Waals surface area (Å²) in [6.45, 7) is 7.25. The molecule has 2 rings (SSSR count). The van der Waals surface area contributed by atoms with E-state index in [1.165, 1.54) is 5.56 Å². The third-order valence-electron chi connectivity index (χ3n) is 3.82. The van der Waals surface area contributed by atoms with Gasteiger partial charge in [-0.05, 0) is 57.2 Å². The predicted molar refractivity (Wildman–Crippen MR) is 85.8 cm³/mol. The molecule has 0 bridgehead atoms. The van der Waals surface area contributed by atoms with Crippen molar-refractivity contribution >= 4 is 11.8 Å². The van der Waals surface area contributed by atoms with Gasteiger partial charge in [-0.25, -0.2) is 4.79 Å². The van der Waals surface area contributed by atoms with Gasteiger partial charge in [0.05, 0.1) is 0 Å². The lowest BCUT2D eigenvalue weighted by molar-refractivity contribution is 0.0205. The van der Waals surface area contributed by atoms with Crippen molar-refractivity contribution in [2.24, 2.45) is 0 Å².